The predicted octanol–water partition coefficient (Wildman–Crippen LogP) is 2.40. The Balaban J connectivity index is 2.03. The van der Waals surface area contributed by atoms with Crippen molar-refractivity contribution in [1.82, 2.24) is 0 Å². The molecule has 5 nitrogen and oxygen atoms in total. The van der Waals surface area contributed by atoms with Crippen LogP contribution in [-0.2, 0) is 9.47 Å². The van der Waals surface area contributed by atoms with Gasteiger partial charge in [0.05, 0.1) is 36.9 Å². The SMILES string of the molecule is O=Cc1ccoc1-c1occc1C1OCCO1. The van der Waals surface area contributed by atoms with Gasteiger partial charge in [0.25, 0.3) is 0 Å². The minimum absolute atomic E-state index is 0.402. The zero-order chi connectivity index (χ0) is 11.7. The highest BCUT2D eigenvalue weighted by atomic mass is 16.7. The number of ether oxygens (including phenoxy) is 2. The summed E-state index contributed by atoms with van der Waals surface area (Å²) in [6, 6.07) is 3.34. The maximum atomic E-state index is 10.9. The summed E-state index contributed by atoms with van der Waals surface area (Å²) < 4.78 is 21.4. The average molecular weight is 234 g/mol. The van der Waals surface area contributed by atoms with Gasteiger partial charge in [-0.25, -0.2) is 0 Å². The molecule has 3 rings (SSSR count). The molecule has 1 fully saturated rings. The second-order valence-corrected chi connectivity index (χ2v) is 3.60. The van der Waals surface area contributed by atoms with Crippen molar-refractivity contribution in [2.24, 2.45) is 0 Å². The lowest BCUT2D eigenvalue weighted by Gasteiger charge is -2.07. The number of hydrogen-bond donors (Lipinski definition) is 0. The summed E-state index contributed by atoms with van der Waals surface area (Å²) in [4.78, 5) is 10.9. The van der Waals surface area contributed by atoms with Gasteiger partial charge in [-0.2, -0.15) is 0 Å². The molecular formula is C12H10O5. The molecule has 2 aromatic rings. The van der Waals surface area contributed by atoms with Gasteiger partial charge in [-0.05, 0) is 12.1 Å². The third kappa shape index (κ3) is 1.69. The molecule has 0 aliphatic carbocycles. The molecule has 0 aromatic carbocycles. The van der Waals surface area contributed by atoms with E-state index < -0.39 is 6.29 Å². The Hall–Kier alpha value is -1.85. The zero-order valence-corrected chi connectivity index (χ0v) is 8.92. The van der Waals surface area contributed by atoms with Gasteiger partial charge in [0.2, 0.25) is 0 Å². The largest absolute Gasteiger partial charge is 0.461 e. The minimum atomic E-state index is -0.451. The van der Waals surface area contributed by atoms with E-state index in [1.165, 1.54) is 12.5 Å². The molecular weight excluding hydrogens is 224 g/mol. The molecule has 0 amide bonds. The molecule has 1 aliphatic heterocycles. The zero-order valence-electron chi connectivity index (χ0n) is 8.92. The molecule has 88 valence electrons. The van der Waals surface area contributed by atoms with Crippen LogP contribution in [0.15, 0.2) is 33.5 Å². The minimum Gasteiger partial charge on any atom is -0.461 e. The van der Waals surface area contributed by atoms with Crippen LogP contribution in [0.5, 0.6) is 0 Å². The topological polar surface area (TPSA) is 61.8 Å². The molecule has 0 atom stereocenters. The number of carbonyl (C=O) groups is 1. The first-order chi connectivity index (χ1) is 8.40. The van der Waals surface area contributed by atoms with Crippen LogP contribution < -0.4 is 0 Å². The lowest BCUT2D eigenvalue weighted by atomic mass is 10.1. The lowest BCUT2D eigenvalue weighted by molar-refractivity contribution is -0.0440. The Kier molecular flexibility index (Phi) is 2.55. The van der Waals surface area contributed by atoms with E-state index in [1.807, 2.05) is 0 Å². The van der Waals surface area contributed by atoms with E-state index in [9.17, 15) is 4.79 Å². The first-order valence-corrected chi connectivity index (χ1v) is 5.24. The molecule has 1 aliphatic rings. The van der Waals surface area contributed by atoms with Crippen LogP contribution in [0.2, 0.25) is 0 Å². The molecule has 3 heterocycles. The molecule has 2 aromatic heterocycles. The van der Waals surface area contributed by atoms with Gasteiger partial charge >= 0.3 is 0 Å². The van der Waals surface area contributed by atoms with Gasteiger partial charge in [-0.3, -0.25) is 4.79 Å². The Morgan fingerprint density at radius 2 is 1.76 bits per heavy atom. The molecule has 0 radical (unpaired) electrons. The number of hydrogen-bond acceptors (Lipinski definition) is 5. The summed E-state index contributed by atoms with van der Waals surface area (Å²) in [6.45, 7) is 1.10. The fourth-order valence-corrected chi connectivity index (χ4v) is 1.82. The van der Waals surface area contributed by atoms with E-state index in [2.05, 4.69) is 0 Å². The van der Waals surface area contributed by atoms with Crippen molar-refractivity contribution < 1.29 is 23.1 Å². The second-order valence-electron chi connectivity index (χ2n) is 3.60. The second kappa shape index (κ2) is 4.20. The Labute approximate surface area is 96.9 Å². The molecule has 0 saturated carbocycles. The summed E-state index contributed by atoms with van der Waals surface area (Å²) in [5.41, 5.74) is 1.18. The number of rotatable bonds is 3. The highest BCUT2D eigenvalue weighted by molar-refractivity contribution is 5.84. The van der Waals surface area contributed by atoms with Crippen molar-refractivity contribution in [2.75, 3.05) is 13.2 Å². The maximum absolute atomic E-state index is 10.9. The van der Waals surface area contributed by atoms with Crippen LogP contribution in [-0.4, -0.2) is 19.5 Å². The van der Waals surface area contributed by atoms with E-state index in [-0.39, 0.29) is 0 Å². The van der Waals surface area contributed by atoms with Gasteiger partial charge in [0, 0.05) is 0 Å². The van der Waals surface area contributed by atoms with Gasteiger partial charge in [0.1, 0.15) is 0 Å². The van der Waals surface area contributed by atoms with E-state index in [4.69, 9.17) is 18.3 Å². The summed E-state index contributed by atoms with van der Waals surface area (Å²) in [5, 5.41) is 0. The fourth-order valence-electron chi connectivity index (χ4n) is 1.82. The van der Waals surface area contributed by atoms with Crippen LogP contribution in [0, 0.1) is 0 Å². The van der Waals surface area contributed by atoms with Crippen molar-refractivity contribution >= 4 is 6.29 Å². The first-order valence-electron chi connectivity index (χ1n) is 5.24. The normalized spacial score (nSPS) is 16.5. The average Bonchev–Trinajstić information content (AvgIpc) is 3.09. The van der Waals surface area contributed by atoms with Crippen molar-refractivity contribution in [3.63, 3.8) is 0 Å². The van der Waals surface area contributed by atoms with Crippen LogP contribution in [0.3, 0.4) is 0 Å². The fraction of sp³-hybridized carbons (Fsp3) is 0.250. The maximum Gasteiger partial charge on any atom is 0.187 e. The van der Waals surface area contributed by atoms with Crippen molar-refractivity contribution in [3.8, 4) is 11.5 Å². The van der Waals surface area contributed by atoms with Crippen LogP contribution in [0.1, 0.15) is 22.2 Å². The number of aldehydes is 1. The quantitative estimate of drug-likeness (QED) is 0.763. The molecule has 0 N–H and O–H groups in total. The molecule has 0 spiro atoms. The van der Waals surface area contributed by atoms with Crippen molar-refractivity contribution in [2.45, 2.75) is 6.29 Å². The third-order valence-electron chi connectivity index (χ3n) is 2.60. The van der Waals surface area contributed by atoms with Crippen molar-refractivity contribution in [1.29, 1.82) is 0 Å². The van der Waals surface area contributed by atoms with Gasteiger partial charge in [-0.15, -0.1) is 0 Å². The molecule has 5 heteroatoms. The Morgan fingerprint density at radius 1 is 1.06 bits per heavy atom. The summed E-state index contributed by atoms with van der Waals surface area (Å²) in [5.74, 6) is 0.878. The molecule has 0 unspecified atom stereocenters. The highest BCUT2D eigenvalue weighted by Gasteiger charge is 2.26. The molecule has 0 bridgehead atoms. The van der Waals surface area contributed by atoms with Crippen molar-refractivity contribution in [3.05, 3.63) is 35.8 Å². The summed E-state index contributed by atoms with van der Waals surface area (Å²) >= 11 is 0. The summed E-state index contributed by atoms with van der Waals surface area (Å²) in [7, 11) is 0. The lowest BCUT2D eigenvalue weighted by Crippen LogP contribution is -1.98. The van der Waals surface area contributed by atoms with E-state index in [0.29, 0.717) is 30.3 Å². The van der Waals surface area contributed by atoms with Gasteiger partial charge in [-0.1, -0.05) is 0 Å². The van der Waals surface area contributed by atoms with Crippen LogP contribution in [0.4, 0.5) is 0 Å². The van der Waals surface area contributed by atoms with Gasteiger partial charge < -0.3 is 18.3 Å². The Morgan fingerprint density at radius 3 is 2.53 bits per heavy atom. The predicted molar refractivity (Wildman–Crippen MR) is 56.4 cm³/mol. The molecule has 17 heavy (non-hydrogen) atoms. The first kappa shape index (κ1) is 10.3. The molecule has 1 saturated heterocycles. The van der Waals surface area contributed by atoms with Gasteiger partial charge in [0.15, 0.2) is 24.1 Å². The highest BCUT2D eigenvalue weighted by Crippen LogP contribution is 2.35. The summed E-state index contributed by atoms with van der Waals surface area (Å²) in [6.07, 6.45) is 3.24. The van der Waals surface area contributed by atoms with Crippen LogP contribution in [0.25, 0.3) is 11.5 Å². The third-order valence-corrected chi connectivity index (χ3v) is 2.60. The van der Waals surface area contributed by atoms with E-state index in [1.54, 1.807) is 12.1 Å². The monoisotopic (exact) mass is 234 g/mol. The van der Waals surface area contributed by atoms with E-state index >= 15 is 0 Å². The Bertz CT molecular complexity index is 518. The smallest absolute Gasteiger partial charge is 0.187 e. The number of carbonyl (C=O) groups excluding carboxylic acids is 1. The van der Waals surface area contributed by atoms with Crippen LogP contribution >= 0.6 is 0 Å². The van der Waals surface area contributed by atoms with E-state index in [0.717, 1.165) is 11.8 Å². The standard InChI is InChI=1S/C12H10O5/c13-7-8-1-3-14-10(8)11-9(2-4-15-11)12-16-5-6-17-12/h1-4,7,12H,5-6H2. The number of furan rings is 2.